The number of hydrogen-bond donors (Lipinski definition) is 1. The van der Waals surface area contributed by atoms with E-state index in [1.54, 1.807) is 0 Å². The lowest BCUT2D eigenvalue weighted by atomic mass is 9.99. The van der Waals surface area contributed by atoms with E-state index in [1.807, 2.05) is 0 Å². The van der Waals surface area contributed by atoms with Crippen LogP contribution in [0.5, 0.6) is 0 Å². The first kappa shape index (κ1) is 10.9. The zero-order valence-corrected chi connectivity index (χ0v) is 9.83. The van der Waals surface area contributed by atoms with E-state index in [4.69, 9.17) is 5.73 Å². The van der Waals surface area contributed by atoms with Crippen LogP contribution in [0.2, 0.25) is 0 Å². The molecule has 1 aliphatic carbocycles. The SMILES string of the molecule is CC1(C)CCCN1C(=O)C1CCC(N)C1. The third-order valence-electron chi connectivity index (χ3n) is 3.99. The highest BCUT2D eigenvalue weighted by atomic mass is 16.2. The molecule has 0 aromatic heterocycles. The van der Waals surface area contributed by atoms with Crippen molar-refractivity contribution in [2.45, 2.75) is 57.5 Å². The summed E-state index contributed by atoms with van der Waals surface area (Å²) in [5, 5.41) is 0. The van der Waals surface area contributed by atoms with E-state index in [0.29, 0.717) is 5.91 Å². The third-order valence-corrected chi connectivity index (χ3v) is 3.99. The van der Waals surface area contributed by atoms with Crippen LogP contribution in [-0.4, -0.2) is 28.9 Å². The highest BCUT2D eigenvalue weighted by molar-refractivity contribution is 5.80. The van der Waals surface area contributed by atoms with Crippen molar-refractivity contribution in [3.63, 3.8) is 0 Å². The molecule has 2 fully saturated rings. The molecule has 0 aromatic rings. The van der Waals surface area contributed by atoms with Gasteiger partial charge >= 0.3 is 0 Å². The third kappa shape index (κ3) is 2.03. The smallest absolute Gasteiger partial charge is 0.226 e. The molecule has 2 atom stereocenters. The average molecular weight is 210 g/mol. The first-order valence-corrected chi connectivity index (χ1v) is 6.08. The number of carbonyl (C=O) groups is 1. The Balaban J connectivity index is 2.02. The monoisotopic (exact) mass is 210 g/mol. The lowest BCUT2D eigenvalue weighted by molar-refractivity contribution is -0.138. The number of carbonyl (C=O) groups excluding carboxylic acids is 1. The van der Waals surface area contributed by atoms with Gasteiger partial charge in [-0.15, -0.1) is 0 Å². The topological polar surface area (TPSA) is 46.3 Å². The average Bonchev–Trinajstić information content (AvgIpc) is 2.70. The van der Waals surface area contributed by atoms with Crippen LogP contribution in [0.15, 0.2) is 0 Å². The van der Waals surface area contributed by atoms with Crippen LogP contribution in [0.3, 0.4) is 0 Å². The summed E-state index contributed by atoms with van der Waals surface area (Å²) in [7, 11) is 0. The molecule has 2 unspecified atom stereocenters. The quantitative estimate of drug-likeness (QED) is 0.713. The van der Waals surface area contributed by atoms with Crippen LogP contribution < -0.4 is 5.73 Å². The number of rotatable bonds is 1. The summed E-state index contributed by atoms with van der Waals surface area (Å²) >= 11 is 0. The number of amides is 1. The van der Waals surface area contributed by atoms with Crippen molar-refractivity contribution in [1.29, 1.82) is 0 Å². The van der Waals surface area contributed by atoms with Crippen molar-refractivity contribution in [2.75, 3.05) is 6.54 Å². The predicted molar refractivity (Wildman–Crippen MR) is 60.3 cm³/mol. The van der Waals surface area contributed by atoms with Crippen molar-refractivity contribution in [2.24, 2.45) is 11.7 Å². The van der Waals surface area contributed by atoms with E-state index in [9.17, 15) is 4.79 Å². The van der Waals surface area contributed by atoms with Crippen molar-refractivity contribution >= 4 is 5.91 Å². The van der Waals surface area contributed by atoms with Gasteiger partial charge in [-0.2, -0.15) is 0 Å². The van der Waals surface area contributed by atoms with Crippen LogP contribution in [0, 0.1) is 5.92 Å². The van der Waals surface area contributed by atoms with Gasteiger partial charge in [0.1, 0.15) is 0 Å². The van der Waals surface area contributed by atoms with Gasteiger partial charge in [0.25, 0.3) is 0 Å². The molecule has 1 saturated carbocycles. The fraction of sp³-hybridized carbons (Fsp3) is 0.917. The van der Waals surface area contributed by atoms with Gasteiger partial charge in [-0.1, -0.05) is 0 Å². The van der Waals surface area contributed by atoms with E-state index in [0.717, 1.165) is 38.6 Å². The second kappa shape index (κ2) is 3.78. The Bertz CT molecular complexity index is 262. The minimum atomic E-state index is 0.0732. The molecular formula is C12H22N2O. The molecule has 1 aliphatic heterocycles. The van der Waals surface area contributed by atoms with Crippen molar-refractivity contribution < 1.29 is 4.79 Å². The zero-order chi connectivity index (χ0) is 11.1. The van der Waals surface area contributed by atoms with Crippen LogP contribution in [0.1, 0.15) is 46.0 Å². The second-order valence-electron chi connectivity index (χ2n) is 5.68. The summed E-state index contributed by atoms with van der Waals surface area (Å²) in [6.45, 7) is 5.29. The lowest BCUT2D eigenvalue weighted by Gasteiger charge is -2.33. The van der Waals surface area contributed by atoms with Gasteiger partial charge in [0.2, 0.25) is 5.91 Å². The van der Waals surface area contributed by atoms with Crippen molar-refractivity contribution in [3.8, 4) is 0 Å². The molecule has 0 bridgehead atoms. The van der Waals surface area contributed by atoms with Gasteiger partial charge in [-0.05, 0) is 46.0 Å². The van der Waals surface area contributed by atoms with Gasteiger partial charge in [-0.3, -0.25) is 4.79 Å². The molecule has 0 spiro atoms. The molecule has 3 nitrogen and oxygen atoms in total. The summed E-state index contributed by atoms with van der Waals surface area (Å²) in [5.74, 6) is 0.558. The summed E-state index contributed by atoms with van der Waals surface area (Å²) in [5.41, 5.74) is 5.93. The maximum atomic E-state index is 12.3. The Morgan fingerprint density at radius 1 is 1.40 bits per heavy atom. The summed E-state index contributed by atoms with van der Waals surface area (Å²) < 4.78 is 0. The van der Waals surface area contributed by atoms with Gasteiger partial charge in [-0.25, -0.2) is 0 Å². The number of nitrogens with two attached hydrogens (primary N) is 1. The standard InChI is InChI=1S/C12H22N2O/c1-12(2)6-3-7-14(12)11(15)9-4-5-10(13)8-9/h9-10H,3-8,13H2,1-2H3. The molecule has 15 heavy (non-hydrogen) atoms. The maximum absolute atomic E-state index is 12.3. The summed E-state index contributed by atoms with van der Waals surface area (Å²) in [6, 6.07) is 0.254. The molecule has 2 N–H and O–H groups in total. The Labute approximate surface area is 92.0 Å². The molecule has 0 aromatic carbocycles. The molecule has 86 valence electrons. The zero-order valence-electron chi connectivity index (χ0n) is 9.83. The predicted octanol–water partition coefficient (Wildman–Crippen LogP) is 1.51. The Morgan fingerprint density at radius 3 is 2.60 bits per heavy atom. The Kier molecular flexibility index (Phi) is 2.75. The molecule has 1 saturated heterocycles. The Hall–Kier alpha value is -0.570. The highest BCUT2D eigenvalue weighted by Gasteiger charge is 2.39. The largest absolute Gasteiger partial charge is 0.337 e. The number of hydrogen-bond acceptors (Lipinski definition) is 2. The van der Waals surface area contributed by atoms with Crippen molar-refractivity contribution in [1.82, 2.24) is 4.90 Å². The van der Waals surface area contributed by atoms with Crippen molar-refractivity contribution in [3.05, 3.63) is 0 Å². The molecule has 2 rings (SSSR count). The minimum absolute atomic E-state index is 0.0732. The van der Waals surface area contributed by atoms with Gasteiger partial charge in [0.05, 0.1) is 0 Å². The molecule has 0 radical (unpaired) electrons. The maximum Gasteiger partial charge on any atom is 0.226 e. The number of likely N-dealkylation sites (tertiary alicyclic amines) is 1. The lowest BCUT2D eigenvalue weighted by Crippen LogP contribution is -2.45. The Morgan fingerprint density at radius 2 is 2.13 bits per heavy atom. The first-order valence-electron chi connectivity index (χ1n) is 6.08. The summed E-state index contributed by atoms with van der Waals surface area (Å²) in [6.07, 6.45) is 5.19. The van der Waals surface area contributed by atoms with Crippen LogP contribution in [0.4, 0.5) is 0 Å². The van der Waals surface area contributed by atoms with Gasteiger partial charge in [0, 0.05) is 24.0 Å². The molecule has 1 heterocycles. The van der Waals surface area contributed by atoms with Gasteiger partial charge in [0.15, 0.2) is 0 Å². The second-order valence-corrected chi connectivity index (χ2v) is 5.68. The van der Waals surface area contributed by atoms with E-state index in [-0.39, 0.29) is 17.5 Å². The van der Waals surface area contributed by atoms with Crippen LogP contribution in [-0.2, 0) is 4.79 Å². The van der Waals surface area contributed by atoms with Crippen LogP contribution in [0.25, 0.3) is 0 Å². The van der Waals surface area contributed by atoms with E-state index < -0.39 is 0 Å². The van der Waals surface area contributed by atoms with E-state index in [2.05, 4.69) is 18.7 Å². The number of nitrogens with zero attached hydrogens (tertiary/aromatic N) is 1. The van der Waals surface area contributed by atoms with Gasteiger partial charge < -0.3 is 10.6 Å². The first-order chi connectivity index (χ1) is 7.00. The molecule has 3 heteroatoms. The summed E-state index contributed by atoms with van der Waals surface area (Å²) in [4.78, 5) is 14.4. The highest BCUT2D eigenvalue weighted by Crippen LogP contribution is 2.33. The molecular weight excluding hydrogens is 188 g/mol. The minimum Gasteiger partial charge on any atom is -0.337 e. The fourth-order valence-corrected chi connectivity index (χ4v) is 2.98. The fourth-order valence-electron chi connectivity index (χ4n) is 2.98. The molecule has 1 amide bonds. The van der Waals surface area contributed by atoms with E-state index >= 15 is 0 Å². The molecule has 2 aliphatic rings. The normalized spacial score (nSPS) is 34.7. The van der Waals surface area contributed by atoms with E-state index in [1.165, 1.54) is 0 Å². The van der Waals surface area contributed by atoms with Crippen LogP contribution >= 0.6 is 0 Å².